The van der Waals surface area contributed by atoms with Crippen LogP contribution in [0.4, 0.5) is 5.82 Å². The van der Waals surface area contributed by atoms with Crippen molar-refractivity contribution in [3.05, 3.63) is 18.3 Å². The maximum absolute atomic E-state index is 11.5. The van der Waals surface area contributed by atoms with Gasteiger partial charge in [0, 0.05) is 12.6 Å². The molecule has 14 heavy (non-hydrogen) atoms. The second kappa shape index (κ2) is 4.28. The van der Waals surface area contributed by atoms with E-state index < -0.39 is 0 Å². The number of nitrogens with two attached hydrogens (primary N) is 1. The smallest absolute Gasteiger partial charge is 0.226 e. The van der Waals surface area contributed by atoms with E-state index in [1.807, 2.05) is 26.0 Å². The van der Waals surface area contributed by atoms with Crippen molar-refractivity contribution in [2.75, 3.05) is 11.9 Å². The van der Waals surface area contributed by atoms with Crippen LogP contribution in [0.15, 0.2) is 18.3 Å². The predicted octanol–water partition coefficient (Wildman–Crippen LogP) is 1.33. The number of aromatic nitrogens is 1. The van der Waals surface area contributed by atoms with E-state index in [9.17, 15) is 4.79 Å². The first-order chi connectivity index (χ1) is 6.53. The summed E-state index contributed by atoms with van der Waals surface area (Å²) in [4.78, 5) is 14.4. The first-order valence-electron chi connectivity index (χ1n) is 4.67. The lowest BCUT2D eigenvalue weighted by molar-refractivity contribution is -0.117. The van der Waals surface area contributed by atoms with Crippen LogP contribution in [0.2, 0.25) is 0 Å². The van der Waals surface area contributed by atoms with Gasteiger partial charge in [-0.15, -0.1) is 0 Å². The van der Waals surface area contributed by atoms with E-state index in [1.165, 1.54) is 0 Å². The average Bonchev–Trinajstić information content (AvgIpc) is 2.55. The summed E-state index contributed by atoms with van der Waals surface area (Å²) in [5.74, 6) is 0.714. The monoisotopic (exact) mass is 195 g/mol. The quantitative estimate of drug-likeness (QED) is 0.678. The number of carbonyl (C=O) groups is 1. The maximum atomic E-state index is 11.5. The standard InChI is InChI=1S/C10H17N3O/c1-10(2,7-11)6-9(14)13-8-4-3-5-12-8/h3-5,12H,6-7,11H2,1-2H3,(H,13,14). The van der Waals surface area contributed by atoms with Crippen molar-refractivity contribution < 1.29 is 4.79 Å². The van der Waals surface area contributed by atoms with Crippen LogP contribution >= 0.6 is 0 Å². The normalized spacial score (nSPS) is 11.4. The van der Waals surface area contributed by atoms with Gasteiger partial charge in [-0.05, 0) is 24.1 Å². The van der Waals surface area contributed by atoms with Crippen molar-refractivity contribution in [1.82, 2.24) is 4.98 Å². The molecule has 0 radical (unpaired) electrons. The van der Waals surface area contributed by atoms with E-state index in [-0.39, 0.29) is 11.3 Å². The molecule has 0 spiro atoms. The molecule has 0 fully saturated rings. The molecule has 0 saturated carbocycles. The Bertz CT molecular complexity index is 290. The largest absolute Gasteiger partial charge is 0.348 e. The van der Waals surface area contributed by atoms with Gasteiger partial charge in [0.15, 0.2) is 0 Å². The van der Waals surface area contributed by atoms with Gasteiger partial charge in [-0.1, -0.05) is 13.8 Å². The van der Waals surface area contributed by atoms with Crippen molar-refractivity contribution in [2.45, 2.75) is 20.3 Å². The molecule has 4 N–H and O–H groups in total. The molecular formula is C10H17N3O. The van der Waals surface area contributed by atoms with Gasteiger partial charge in [-0.2, -0.15) is 0 Å². The Morgan fingerprint density at radius 2 is 2.36 bits per heavy atom. The zero-order valence-corrected chi connectivity index (χ0v) is 8.63. The van der Waals surface area contributed by atoms with E-state index in [0.717, 1.165) is 5.82 Å². The van der Waals surface area contributed by atoms with Crippen molar-refractivity contribution >= 4 is 11.7 Å². The van der Waals surface area contributed by atoms with Gasteiger partial charge < -0.3 is 16.0 Å². The summed E-state index contributed by atoms with van der Waals surface area (Å²) in [5, 5.41) is 2.76. The van der Waals surface area contributed by atoms with Crippen LogP contribution in [-0.4, -0.2) is 17.4 Å². The number of carbonyl (C=O) groups excluding carboxylic acids is 1. The number of hydrogen-bond donors (Lipinski definition) is 3. The zero-order chi connectivity index (χ0) is 10.6. The first-order valence-corrected chi connectivity index (χ1v) is 4.67. The number of rotatable bonds is 4. The molecule has 0 saturated heterocycles. The number of nitrogens with one attached hydrogen (secondary N) is 2. The molecule has 0 aliphatic rings. The summed E-state index contributed by atoms with van der Waals surface area (Å²) in [6.07, 6.45) is 2.20. The fourth-order valence-corrected chi connectivity index (χ4v) is 1.11. The summed E-state index contributed by atoms with van der Waals surface area (Å²) in [7, 11) is 0. The van der Waals surface area contributed by atoms with Gasteiger partial charge >= 0.3 is 0 Å². The molecule has 1 amide bonds. The van der Waals surface area contributed by atoms with Crippen molar-refractivity contribution in [3.63, 3.8) is 0 Å². The highest BCUT2D eigenvalue weighted by molar-refractivity contribution is 5.90. The van der Waals surface area contributed by atoms with E-state index >= 15 is 0 Å². The number of H-pyrrole nitrogens is 1. The van der Waals surface area contributed by atoms with Crippen molar-refractivity contribution in [3.8, 4) is 0 Å². The Morgan fingerprint density at radius 1 is 1.64 bits per heavy atom. The Morgan fingerprint density at radius 3 is 2.86 bits per heavy atom. The van der Waals surface area contributed by atoms with Gasteiger partial charge in [0.05, 0.1) is 0 Å². The molecule has 0 atom stereocenters. The Labute approximate surface area is 83.9 Å². The summed E-state index contributed by atoms with van der Waals surface area (Å²) < 4.78 is 0. The van der Waals surface area contributed by atoms with Crippen LogP contribution in [0.1, 0.15) is 20.3 Å². The van der Waals surface area contributed by atoms with E-state index in [0.29, 0.717) is 13.0 Å². The third-order valence-electron chi connectivity index (χ3n) is 2.06. The zero-order valence-electron chi connectivity index (χ0n) is 8.63. The maximum Gasteiger partial charge on any atom is 0.226 e. The van der Waals surface area contributed by atoms with E-state index in [1.54, 1.807) is 6.20 Å². The fourth-order valence-electron chi connectivity index (χ4n) is 1.11. The molecule has 0 aliphatic heterocycles. The second-order valence-corrected chi connectivity index (χ2v) is 4.18. The van der Waals surface area contributed by atoms with Gasteiger partial charge in [0.1, 0.15) is 5.82 Å². The lowest BCUT2D eigenvalue weighted by atomic mass is 9.89. The van der Waals surface area contributed by atoms with Gasteiger partial charge in [0.25, 0.3) is 0 Å². The summed E-state index contributed by atoms with van der Waals surface area (Å²) in [6, 6.07) is 3.65. The lowest BCUT2D eigenvalue weighted by Crippen LogP contribution is -2.29. The first kappa shape index (κ1) is 10.8. The third kappa shape index (κ3) is 3.22. The minimum Gasteiger partial charge on any atom is -0.348 e. The van der Waals surface area contributed by atoms with Crippen LogP contribution in [0.3, 0.4) is 0 Å². The van der Waals surface area contributed by atoms with Crippen LogP contribution < -0.4 is 11.1 Å². The van der Waals surface area contributed by atoms with Gasteiger partial charge in [-0.3, -0.25) is 4.79 Å². The predicted molar refractivity (Wildman–Crippen MR) is 56.9 cm³/mol. The topological polar surface area (TPSA) is 70.9 Å². The number of aromatic amines is 1. The highest BCUT2D eigenvalue weighted by Crippen LogP contribution is 2.18. The molecule has 0 aromatic carbocycles. The molecular weight excluding hydrogens is 178 g/mol. The molecule has 1 rings (SSSR count). The average molecular weight is 195 g/mol. The summed E-state index contributed by atoms with van der Waals surface area (Å²) in [6.45, 7) is 4.45. The third-order valence-corrected chi connectivity index (χ3v) is 2.06. The second-order valence-electron chi connectivity index (χ2n) is 4.18. The highest BCUT2D eigenvalue weighted by atomic mass is 16.1. The molecule has 1 heterocycles. The molecule has 4 nitrogen and oxygen atoms in total. The number of hydrogen-bond acceptors (Lipinski definition) is 2. The summed E-state index contributed by atoms with van der Waals surface area (Å²) >= 11 is 0. The summed E-state index contributed by atoms with van der Waals surface area (Å²) in [5.41, 5.74) is 5.40. The lowest BCUT2D eigenvalue weighted by Gasteiger charge is -2.20. The van der Waals surface area contributed by atoms with Crippen LogP contribution in [0.5, 0.6) is 0 Å². The molecule has 78 valence electrons. The Balaban J connectivity index is 2.44. The van der Waals surface area contributed by atoms with E-state index in [4.69, 9.17) is 5.73 Å². The molecule has 0 aliphatic carbocycles. The van der Waals surface area contributed by atoms with Crippen molar-refractivity contribution in [1.29, 1.82) is 0 Å². The van der Waals surface area contributed by atoms with Crippen LogP contribution in [-0.2, 0) is 4.79 Å². The van der Waals surface area contributed by atoms with E-state index in [2.05, 4.69) is 10.3 Å². The van der Waals surface area contributed by atoms with Crippen LogP contribution in [0, 0.1) is 5.41 Å². The molecule has 0 unspecified atom stereocenters. The SMILES string of the molecule is CC(C)(CN)CC(=O)Nc1ccc[nH]1. The highest BCUT2D eigenvalue weighted by Gasteiger charge is 2.20. The molecule has 4 heteroatoms. The minimum absolute atomic E-state index is 0.0112. The molecule has 0 bridgehead atoms. The fraction of sp³-hybridized carbons (Fsp3) is 0.500. The van der Waals surface area contributed by atoms with Crippen LogP contribution in [0.25, 0.3) is 0 Å². The molecule has 1 aromatic rings. The number of amides is 1. The van der Waals surface area contributed by atoms with Gasteiger partial charge in [0.2, 0.25) is 5.91 Å². The Hall–Kier alpha value is -1.29. The number of anilines is 1. The molecule has 1 aromatic heterocycles. The van der Waals surface area contributed by atoms with Gasteiger partial charge in [-0.25, -0.2) is 0 Å². The minimum atomic E-state index is -0.142. The van der Waals surface area contributed by atoms with Crippen molar-refractivity contribution in [2.24, 2.45) is 11.1 Å². The Kier molecular flexibility index (Phi) is 3.30.